The Kier molecular flexibility index (Phi) is 2.07. The Morgan fingerprint density at radius 1 is 1.64 bits per heavy atom. The molecule has 0 aliphatic heterocycles. The summed E-state index contributed by atoms with van der Waals surface area (Å²) in [4.78, 5) is 20.9. The SMILES string of the molecule is O=Cc1ccn(C2CC(C(=O)O)C2)n1. The first-order valence-electron chi connectivity index (χ1n) is 4.44. The molecule has 0 atom stereocenters. The lowest BCUT2D eigenvalue weighted by Gasteiger charge is -2.32. The molecule has 1 aliphatic rings. The zero-order valence-corrected chi connectivity index (χ0v) is 7.46. The first kappa shape index (κ1) is 8.93. The Bertz CT molecular complexity index is 366. The number of rotatable bonds is 3. The molecule has 74 valence electrons. The van der Waals surface area contributed by atoms with E-state index < -0.39 is 5.97 Å². The summed E-state index contributed by atoms with van der Waals surface area (Å²) in [5.41, 5.74) is 0.392. The van der Waals surface area contributed by atoms with E-state index in [1.54, 1.807) is 16.9 Å². The van der Waals surface area contributed by atoms with Crippen LogP contribution in [0.25, 0.3) is 0 Å². The van der Waals surface area contributed by atoms with Crippen LogP contribution in [-0.2, 0) is 4.79 Å². The molecule has 0 unspecified atom stereocenters. The van der Waals surface area contributed by atoms with Crippen LogP contribution in [0.15, 0.2) is 12.3 Å². The summed E-state index contributed by atoms with van der Waals surface area (Å²) in [5.74, 6) is -0.993. The van der Waals surface area contributed by atoms with Crippen molar-refractivity contribution in [3.05, 3.63) is 18.0 Å². The Morgan fingerprint density at radius 2 is 2.36 bits per heavy atom. The molecule has 0 saturated heterocycles. The number of aliphatic carboxylic acids is 1. The summed E-state index contributed by atoms with van der Waals surface area (Å²) < 4.78 is 1.67. The maximum Gasteiger partial charge on any atom is 0.306 e. The molecule has 1 saturated carbocycles. The fourth-order valence-corrected chi connectivity index (χ4v) is 1.62. The van der Waals surface area contributed by atoms with Crippen molar-refractivity contribution in [1.29, 1.82) is 0 Å². The topological polar surface area (TPSA) is 72.2 Å². The van der Waals surface area contributed by atoms with E-state index >= 15 is 0 Å². The van der Waals surface area contributed by atoms with Gasteiger partial charge in [0, 0.05) is 6.20 Å². The van der Waals surface area contributed by atoms with E-state index in [4.69, 9.17) is 5.11 Å². The van der Waals surface area contributed by atoms with Gasteiger partial charge in [-0.2, -0.15) is 5.10 Å². The fraction of sp³-hybridized carbons (Fsp3) is 0.444. The maximum atomic E-state index is 10.5. The Hall–Kier alpha value is -1.65. The highest BCUT2D eigenvalue weighted by molar-refractivity contribution is 5.72. The van der Waals surface area contributed by atoms with Crippen LogP contribution < -0.4 is 0 Å². The molecule has 1 aromatic heterocycles. The molecule has 0 aromatic carbocycles. The first-order chi connectivity index (χ1) is 6.70. The van der Waals surface area contributed by atoms with Gasteiger partial charge in [-0.1, -0.05) is 0 Å². The van der Waals surface area contributed by atoms with Gasteiger partial charge in [0.15, 0.2) is 6.29 Å². The summed E-state index contributed by atoms with van der Waals surface area (Å²) in [6, 6.07) is 1.77. The minimum Gasteiger partial charge on any atom is -0.481 e. The number of hydrogen-bond donors (Lipinski definition) is 1. The third kappa shape index (κ3) is 1.41. The van der Waals surface area contributed by atoms with Crippen molar-refractivity contribution in [2.45, 2.75) is 18.9 Å². The Balaban J connectivity index is 1.99. The highest BCUT2D eigenvalue weighted by Gasteiger charge is 2.35. The molecule has 14 heavy (non-hydrogen) atoms. The molecule has 2 rings (SSSR count). The smallest absolute Gasteiger partial charge is 0.306 e. The van der Waals surface area contributed by atoms with Gasteiger partial charge in [-0.15, -0.1) is 0 Å². The largest absolute Gasteiger partial charge is 0.481 e. The van der Waals surface area contributed by atoms with E-state index in [0.717, 1.165) is 0 Å². The summed E-state index contributed by atoms with van der Waals surface area (Å²) >= 11 is 0. The summed E-state index contributed by atoms with van der Waals surface area (Å²) in [5, 5.41) is 12.7. The van der Waals surface area contributed by atoms with Crippen molar-refractivity contribution >= 4 is 12.3 Å². The predicted molar refractivity (Wildman–Crippen MR) is 47.0 cm³/mol. The van der Waals surface area contributed by atoms with Crippen LogP contribution in [-0.4, -0.2) is 27.1 Å². The number of aromatic nitrogens is 2. The van der Waals surface area contributed by atoms with Gasteiger partial charge in [-0.3, -0.25) is 14.3 Å². The molecular weight excluding hydrogens is 184 g/mol. The third-order valence-corrected chi connectivity index (χ3v) is 2.59. The number of nitrogens with zero attached hydrogens (tertiary/aromatic N) is 2. The summed E-state index contributed by atoms with van der Waals surface area (Å²) in [6.07, 6.45) is 3.61. The number of carbonyl (C=O) groups excluding carboxylic acids is 1. The van der Waals surface area contributed by atoms with Crippen molar-refractivity contribution in [1.82, 2.24) is 9.78 Å². The highest BCUT2D eigenvalue weighted by Crippen LogP contribution is 2.37. The van der Waals surface area contributed by atoms with Crippen LogP contribution in [0.2, 0.25) is 0 Å². The summed E-state index contributed by atoms with van der Waals surface area (Å²) in [7, 11) is 0. The van der Waals surface area contributed by atoms with E-state index in [9.17, 15) is 9.59 Å². The van der Waals surface area contributed by atoms with Crippen LogP contribution in [0.1, 0.15) is 29.4 Å². The van der Waals surface area contributed by atoms with Gasteiger partial charge in [0.2, 0.25) is 0 Å². The van der Waals surface area contributed by atoms with E-state index in [-0.39, 0.29) is 12.0 Å². The summed E-state index contributed by atoms with van der Waals surface area (Å²) in [6.45, 7) is 0. The van der Waals surface area contributed by atoms with Crippen molar-refractivity contribution in [3.8, 4) is 0 Å². The second-order valence-electron chi connectivity index (χ2n) is 3.50. The normalized spacial score (nSPS) is 25.4. The lowest BCUT2D eigenvalue weighted by Crippen LogP contribution is -2.32. The number of carboxylic acids is 1. The van der Waals surface area contributed by atoms with Crippen molar-refractivity contribution in [3.63, 3.8) is 0 Å². The fourth-order valence-electron chi connectivity index (χ4n) is 1.62. The molecule has 1 aliphatic carbocycles. The molecule has 1 N–H and O–H groups in total. The minimum atomic E-state index is -0.746. The predicted octanol–water partition coefficient (Wildman–Crippen LogP) is 0.731. The number of aldehydes is 1. The van der Waals surface area contributed by atoms with E-state index in [2.05, 4.69) is 5.10 Å². The molecule has 1 aromatic rings. The van der Waals surface area contributed by atoms with Crippen LogP contribution >= 0.6 is 0 Å². The lowest BCUT2D eigenvalue weighted by atomic mass is 9.80. The molecule has 0 spiro atoms. The van der Waals surface area contributed by atoms with Gasteiger partial charge >= 0.3 is 5.97 Å². The standard InChI is InChI=1S/C9H10N2O3/c12-5-7-1-2-11(10-7)8-3-6(4-8)9(13)14/h1-2,5-6,8H,3-4H2,(H,13,14). The lowest BCUT2D eigenvalue weighted by molar-refractivity contribution is -0.146. The molecule has 0 radical (unpaired) electrons. The number of carboxylic acid groups (broad SMARTS) is 1. The van der Waals surface area contributed by atoms with Crippen molar-refractivity contribution < 1.29 is 14.7 Å². The molecule has 5 nitrogen and oxygen atoms in total. The average Bonchev–Trinajstić information content (AvgIpc) is 2.49. The monoisotopic (exact) mass is 194 g/mol. The van der Waals surface area contributed by atoms with E-state index in [1.807, 2.05) is 0 Å². The first-order valence-corrected chi connectivity index (χ1v) is 4.44. The van der Waals surface area contributed by atoms with E-state index in [0.29, 0.717) is 24.8 Å². The zero-order valence-electron chi connectivity index (χ0n) is 7.46. The highest BCUT2D eigenvalue weighted by atomic mass is 16.4. The quantitative estimate of drug-likeness (QED) is 0.720. The van der Waals surface area contributed by atoms with Crippen LogP contribution in [0.5, 0.6) is 0 Å². The maximum absolute atomic E-state index is 10.5. The number of carbonyl (C=O) groups is 2. The average molecular weight is 194 g/mol. The van der Waals surface area contributed by atoms with Gasteiger partial charge in [0.1, 0.15) is 5.69 Å². The van der Waals surface area contributed by atoms with Gasteiger partial charge in [-0.25, -0.2) is 0 Å². The van der Waals surface area contributed by atoms with E-state index in [1.165, 1.54) is 0 Å². The second kappa shape index (κ2) is 3.25. The number of hydrogen-bond acceptors (Lipinski definition) is 3. The minimum absolute atomic E-state index is 0.143. The zero-order chi connectivity index (χ0) is 10.1. The van der Waals surface area contributed by atoms with Crippen LogP contribution in [0.4, 0.5) is 0 Å². The van der Waals surface area contributed by atoms with Gasteiger partial charge in [0.25, 0.3) is 0 Å². The second-order valence-corrected chi connectivity index (χ2v) is 3.50. The van der Waals surface area contributed by atoms with Gasteiger partial charge in [0.05, 0.1) is 12.0 Å². The Labute approximate surface area is 80.3 Å². The Morgan fingerprint density at radius 3 is 2.86 bits per heavy atom. The molecule has 0 amide bonds. The molecule has 1 heterocycles. The molecule has 0 bridgehead atoms. The molecule has 1 fully saturated rings. The van der Waals surface area contributed by atoms with Gasteiger partial charge < -0.3 is 5.11 Å². The van der Waals surface area contributed by atoms with Crippen molar-refractivity contribution in [2.75, 3.05) is 0 Å². The van der Waals surface area contributed by atoms with Crippen LogP contribution in [0.3, 0.4) is 0 Å². The molecular formula is C9H10N2O3. The third-order valence-electron chi connectivity index (χ3n) is 2.59. The van der Waals surface area contributed by atoms with Crippen molar-refractivity contribution in [2.24, 2.45) is 5.92 Å². The van der Waals surface area contributed by atoms with Crippen LogP contribution in [0, 0.1) is 5.92 Å². The molecule has 5 heteroatoms. The van der Waals surface area contributed by atoms with Gasteiger partial charge in [-0.05, 0) is 18.9 Å².